The minimum atomic E-state index is -0.00640. The number of anilines is 1. The van der Waals surface area contributed by atoms with E-state index in [4.69, 9.17) is 5.11 Å². The predicted octanol–water partition coefficient (Wildman–Crippen LogP) is 0.751. The van der Waals surface area contributed by atoms with E-state index in [9.17, 15) is 4.79 Å². The molecule has 1 amide bonds. The van der Waals surface area contributed by atoms with Crippen molar-refractivity contribution in [1.82, 2.24) is 5.32 Å². The van der Waals surface area contributed by atoms with E-state index in [0.29, 0.717) is 6.54 Å². The third-order valence-corrected chi connectivity index (χ3v) is 2.48. The van der Waals surface area contributed by atoms with Crippen LogP contribution in [0.25, 0.3) is 0 Å². The summed E-state index contributed by atoms with van der Waals surface area (Å²) < 4.78 is 0. The number of carbonyl (C=O) groups excluding carboxylic acids is 1. The van der Waals surface area contributed by atoms with Crippen molar-refractivity contribution in [2.24, 2.45) is 0 Å². The molecule has 0 spiro atoms. The smallest absolute Gasteiger partial charge is 0.239 e. The summed E-state index contributed by atoms with van der Waals surface area (Å²) in [7, 11) is 1.63. The maximum atomic E-state index is 11.3. The van der Waals surface area contributed by atoms with E-state index in [1.807, 2.05) is 36.1 Å². The molecule has 2 N–H and O–H groups in total. The van der Waals surface area contributed by atoms with Gasteiger partial charge in [-0.1, -0.05) is 12.1 Å². The van der Waals surface area contributed by atoms with Gasteiger partial charge >= 0.3 is 0 Å². The van der Waals surface area contributed by atoms with Gasteiger partial charge in [-0.05, 0) is 24.6 Å². The molecule has 0 bridgehead atoms. The molecule has 0 atom stereocenters. The molecule has 0 radical (unpaired) electrons. The normalized spacial score (nSPS) is 9.94. The van der Waals surface area contributed by atoms with Gasteiger partial charge in [0.05, 0.1) is 13.2 Å². The zero-order chi connectivity index (χ0) is 12.0. The van der Waals surface area contributed by atoms with Gasteiger partial charge in [0.2, 0.25) is 5.91 Å². The summed E-state index contributed by atoms with van der Waals surface area (Å²) in [5, 5.41) is 11.5. The van der Waals surface area contributed by atoms with Crippen LogP contribution in [0.15, 0.2) is 24.3 Å². The van der Waals surface area contributed by atoms with Gasteiger partial charge in [-0.15, -0.1) is 0 Å². The highest BCUT2D eigenvalue weighted by Crippen LogP contribution is 2.14. The number of rotatable bonds is 5. The Morgan fingerprint density at radius 1 is 1.38 bits per heavy atom. The maximum absolute atomic E-state index is 11.3. The highest BCUT2D eigenvalue weighted by atomic mass is 16.3. The molecule has 0 heterocycles. The molecule has 0 aliphatic rings. The summed E-state index contributed by atoms with van der Waals surface area (Å²) >= 11 is 0. The lowest BCUT2D eigenvalue weighted by molar-refractivity contribution is -0.119. The van der Waals surface area contributed by atoms with Crippen LogP contribution in [-0.4, -0.2) is 31.2 Å². The number of nitrogens with zero attached hydrogens (tertiary/aromatic N) is 1. The lowest BCUT2D eigenvalue weighted by atomic mass is 10.2. The van der Waals surface area contributed by atoms with Crippen molar-refractivity contribution in [2.45, 2.75) is 13.5 Å². The van der Waals surface area contributed by atoms with Gasteiger partial charge in [0, 0.05) is 19.3 Å². The molecule has 1 rings (SSSR count). The second-order valence-corrected chi connectivity index (χ2v) is 3.51. The molecule has 4 nitrogen and oxygen atoms in total. The molecular formula is C12H18N2O2. The van der Waals surface area contributed by atoms with Gasteiger partial charge in [-0.3, -0.25) is 4.79 Å². The van der Waals surface area contributed by atoms with Crippen molar-refractivity contribution >= 4 is 11.6 Å². The minimum Gasteiger partial charge on any atom is -0.392 e. The maximum Gasteiger partial charge on any atom is 0.239 e. The van der Waals surface area contributed by atoms with Crippen LogP contribution in [0.1, 0.15) is 12.5 Å². The summed E-state index contributed by atoms with van der Waals surface area (Å²) in [5.41, 5.74) is 1.86. The lowest BCUT2D eigenvalue weighted by Gasteiger charge is -2.22. The predicted molar refractivity (Wildman–Crippen MR) is 64.3 cm³/mol. The first-order valence-corrected chi connectivity index (χ1v) is 5.36. The van der Waals surface area contributed by atoms with Crippen molar-refractivity contribution in [1.29, 1.82) is 0 Å². The Labute approximate surface area is 95.9 Å². The first-order chi connectivity index (χ1) is 7.71. The molecule has 0 aliphatic heterocycles. The molecule has 1 aromatic carbocycles. The van der Waals surface area contributed by atoms with E-state index in [1.54, 1.807) is 7.05 Å². The number of aliphatic hydroxyl groups excluding tert-OH is 1. The average molecular weight is 222 g/mol. The third-order valence-electron chi connectivity index (χ3n) is 2.48. The molecule has 1 aromatic rings. The van der Waals surface area contributed by atoms with Crippen LogP contribution < -0.4 is 10.2 Å². The van der Waals surface area contributed by atoms with E-state index < -0.39 is 0 Å². The molecule has 16 heavy (non-hydrogen) atoms. The highest BCUT2D eigenvalue weighted by molar-refractivity contribution is 5.81. The molecular weight excluding hydrogens is 204 g/mol. The molecule has 0 fully saturated rings. The van der Waals surface area contributed by atoms with Gasteiger partial charge in [-0.2, -0.15) is 0 Å². The molecule has 0 saturated carbocycles. The Balaban J connectivity index is 2.74. The topological polar surface area (TPSA) is 52.6 Å². The number of hydrogen-bond donors (Lipinski definition) is 2. The zero-order valence-corrected chi connectivity index (χ0v) is 9.73. The zero-order valence-electron chi connectivity index (χ0n) is 9.73. The van der Waals surface area contributed by atoms with Crippen molar-refractivity contribution in [2.75, 3.05) is 25.0 Å². The van der Waals surface area contributed by atoms with Gasteiger partial charge < -0.3 is 15.3 Å². The first kappa shape index (κ1) is 12.5. The number of amides is 1. The third kappa shape index (κ3) is 3.24. The first-order valence-electron chi connectivity index (χ1n) is 5.36. The Morgan fingerprint density at radius 3 is 2.44 bits per heavy atom. The van der Waals surface area contributed by atoms with Crippen LogP contribution in [0, 0.1) is 0 Å². The molecule has 0 aliphatic carbocycles. The Hall–Kier alpha value is -1.55. The fourth-order valence-electron chi connectivity index (χ4n) is 1.45. The lowest BCUT2D eigenvalue weighted by Crippen LogP contribution is -2.35. The van der Waals surface area contributed by atoms with Gasteiger partial charge in [0.1, 0.15) is 0 Å². The molecule has 0 saturated heterocycles. The Kier molecular flexibility index (Phi) is 4.79. The highest BCUT2D eigenvalue weighted by Gasteiger charge is 2.08. The second kappa shape index (κ2) is 6.12. The van der Waals surface area contributed by atoms with Crippen LogP contribution in [0.5, 0.6) is 0 Å². The summed E-state index contributed by atoms with van der Waals surface area (Å²) in [6, 6.07) is 7.56. The van der Waals surface area contributed by atoms with E-state index in [2.05, 4.69) is 5.32 Å². The quantitative estimate of drug-likeness (QED) is 0.773. The summed E-state index contributed by atoms with van der Waals surface area (Å²) in [5.74, 6) is -0.00640. The average Bonchev–Trinajstić information content (AvgIpc) is 2.35. The van der Waals surface area contributed by atoms with Crippen molar-refractivity contribution in [3.8, 4) is 0 Å². The summed E-state index contributed by atoms with van der Waals surface area (Å²) in [6.45, 7) is 3.17. The number of benzene rings is 1. The number of carbonyl (C=O) groups is 1. The van der Waals surface area contributed by atoms with Crippen LogP contribution >= 0.6 is 0 Å². The van der Waals surface area contributed by atoms with Crippen molar-refractivity contribution in [3.05, 3.63) is 29.8 Å². The molecule has 0 unspecified atom stereocenters. The summed E-state index contributed by atoms with van der Waals surface area (Å²) in [6.07, 6.45) is 0. The minimum absolute atomic E-state index is 0.00640. The fourth-order valence-corrected chi connectivity index (χ4v) is 1.45. The van der Waals surface area contributed by atoms with Crippen molar-refractivity contribution in [3.63, 3.8) is 0 Å². The van der Waals surface area contributed by atoms with Gasteiger partial charge in [0.25, 0.3) is 0 Å². The number of aliphatic hydroxyl groups is 1. The van der Waals surface area contributed by atoms with E-state index in [-0.39, 0.29) is 12.5 Å². The van der Waals surface area contributed by atoms with Gasteiger partial charge in [-0.25, -0.2) is 0 Å². The standard InChI is InChI=1S/C12H18N2O2/c1-3-14(8-12(16)13-2)11-6-4-10(9-15)5-7-11/h4-7,15H,3,8-9H2,1-2H3,(H,13,16). The van der Waals surface area contributed by atoms with E-state index >= 15 is 0 Å². The van der Waals surface area contributed by atoms with Crippen LogP contribution in [0.4, 0.5) is 5.69 Å². The fraction of sp³-hybridized carbons (Fsp3) is 0.417. The monoisotopic (exact) mass is 222 g/mol. The largest absolute Gasteiger partial charge is 0.392 e. The Morgan fingerprint density at radius 2 is 2.00 bits per heavy atom. The van der Waals surface area contributed by atoms with E-state index in [0.717, 1.165) is 17.8 Å². The van der Waals surface area contributed by atoms with Crippen LogP contribution in [-0.2, 0) is 11.4 Å². The van der Waals surface area contributed by atoms with E-state index in [1.165, 1.54) is 0 Å². The second-order valence-electron chi connectivity index (χ2n) is 3.51. The molecule has 0 aromatic heterocycles. The molecule has 4 heteroatoms. The molecule has 88 valence electrons. The summed E-state index contributed by atoms with van der Waals surface area (Å²) in [4.78, 5) is 13.3. The number of likely N-dealkylation sites (N-methyl/N-ethyl adjacent to an activating group) is 2. The van der Waals surface area contributed by atoms with Crippen LogP contribution in [0.3, 0.4) is 0 Å². The Bertz CT molecular complexity index is 335. The van der Waals surface area contributed by atoms with Crippen molar-refractivity contribution < 1.29 is 9.90 Å². The number of hydrogen-bond acceptors (Lipinski definition) is 3. The van der Waals surface area contributed by atoms with Gasteiger partial charge in [0.15, 0.2) is 0 Å². The number of nitrogens with one attached hydrogen (secondary N) is 1. The SMILES string of the molecule is CCN(CC(=O)NC)c1ccc(CO)cc1. The van der Waals surface area contributed by atoms with Crippen LogP contribution in [0.2, 0.25) is 0 Å².